The molecule has 0 aliphatic carbocycles. The van der Waals surface area contributed by atoms with Gasteiger partial charge in [-0.05, 0) is 25.6 Å². The van der Waals surface area contributed by atoms with E-state index in [1.165, 1.54) is 18.9 Å². The zero-order chi connectivity index (χ0) is 16.0. The third-order valence-corrected chi connectivity index (χ3v) is 6.29. The molecule has 8 nitrogen and oxygen atoms in total. The van der Waals surface area contributed by atoms with Gasteiger partial charge in [0.1, 0.15) is 0 Å². The van der Waals surface area contributed by atoms with Crippen molar-refractivity contribution in [2.24, 2.45) is 0 Å². The molecule has 20 heavy (non-hydrogen) atoms. The van der Waals surface area contributed by atoms with Gasteiger partial charge in [-0.25, -0.2) is 0 Å². The van der Waals surface area contributed by atoms with Gasteiger partial charge in [-0.15, -0.1) is 0 Å². The number of carboxylic acids is 2. The third-order valence-electron chi connectivity index (χ3n) is 2.66. The maximum Gasteiger partial charge on any atom is 0.325 e. The summed E-state index contributed by atoms with van der Waals surface area (Å²) >= 11 is 0. The molecule has 0 aromatic rings. The molecule has 0 saturated carbocycles. The summed E-state index contributed by atoms with van der Waals surface area (Å²) in [5.41, 5.74) is 0. The fourth-order valence-electron chi connectivity index (χ4n) is 1.55. The van der Waals surface area contributed by atoms with Crippen molar-refractivity contribution in [2.75, 3.05) is 6.61 Å². The van der Waals surface area contributed by atoms with Crippen molar-refractivity contribution >= 4 is 30.4 Å². The van der Waals surface area contributed by atoms with Crippen molar-refractivity contribution in [3.63, 3.8) is 0 Å². The first-order valence-corrected chi connectivity index (χ1v) is 10.6. The van der Waals surface area contributed by atoms with Crippen LogP contribution in [0.3, 0.4) is 0 Å². The van der Waals surface area contributed by atoms with E-state index in [1.54, 1.807) is 0 Å². The first-order chi connectivity index (χ1) is 8.96. The van der Waals surface area contributed by atoms with Crippen LogP contribution < -0.4 is 0 Å². The molecule has 0 aromatic carbocycles. The maximum atomic E-state index is 10.2. The van der Waals surface area contributed by atoms with Crippen LogP contribution in [0.25, 0.3) is 0 Å². The van der Waals surface area contributed by atoms with Crippen LogP contribution in [0.5, 0.6) is 0 Å². The van der Waals surface area contributed by atoms with Crippen LogP contribution in [0, 0.1) is 0 Å². The number of hydrogen-bond acceptors (Lipinski definition) is 5. The Morgan fingerprint density at radius 1 is 1.25 bits per heavy atom. The van der Waals surface area contributed by atoms with Crippen LogP contribution in [0.15, 0.2) is 0 Å². The summed E-state index contributed by atoms with van der Waals surface area (Å²) in [5, 5.41) is 13.9. The summed E-state index contributed by atoms with van der Waals surface area (Å²) in [4.78, 5) is 20.0. The molecule has 1 saturated heterocycles. The Bertz CT molecular complexity index is 436. The van der Waals surface area contributed by atoms with Crippen LogP contribution in [0.4, 0.5) is 0 Å². The Labute approximate surface area is 118 Å². The highest BCUT2D eigenvalue weighted by Crippen LogP contribution is 2.20. The van der Waals surface area contributed by atoms with E-state index in [0.29, 0.717) is 0 Å². The van der Waals surface area contributed by atoms with E-state index >= 15 is 0 Å². The molecular formula is C10H20O8SSi. The zero-order valence-corrected chi connectivity index (χ0v) is 13.2. The lowest BCUT2D eigenvalue weighted by atomic mass is 10.3. The first kappa shape index (κ1) is 19.0. The quantitative estimate of drug-likeness (QED) is 0.509. The second-order valence-electron chi connectivity index (χ2n) is 5.00. The molecule has 10 heteroatoms. The molecule has 0 radical (unpaired) electrons. The van der Waals surface area contributed by atoms with Crippen molar-refractivity contribution in [1.29, 1.82) is 0 Å². The molecule has 1 unspecified atom stereocenters. The highest BCUT2D eigenvalue weighted by Gasteiger charge is 2.33. The van der Waals surface area contributed by atoms with Gasteiger partial charge >= 0.3 is 11.9 Å². The topological polar surface area (TPSA) is 138 Å². The average molecular weight is 328 g/mol. The molecule has 0 amide bonds. The Morgan fingerprint density at radius 3 is 1.95 bits per heavy atom. The summed E-state index contributed by atoms with van der Waals surface area (Å²) in [6.45, 7) is 5.62. The Hall–Kier alpha value is -0.973. The van der Waals surface area contributed by atoms with E-state index in [4.69, 9.17) is 19.2 Å². The molecule has 3 N–H and O–H groups in total. The molecular weight excluding hydrogens is 308 g/mol. The highest BCUT2D eigenvalue weighted by atomic mass is 32.2. The SMILES string of the molecule is C[Si]1(C)CCCCO1.O=C(O)CC(C(=O)O)S(=O)(=O)O. The predicted molar refractivity (Wildman–Crippen MR) is 72.7 cm³/mol. The van der Waals surface area contributed by atoms with Gasteiger partial charge in [0.2, 0.25) is 0 Å². The molecule has 0 spiro atoms. The van der Waals surface area contributed by atoms with Gasteiger partial charge < -0.3 is 14.6 Å². The zero-order valence-electron chi connectivity index (χ0n) is 11.4. The van der Waals surface area contributed by atoms with Gasteiger partial charge in [0, 0.05) is 6.61 Å². The van der Waals surface area contributed by atoms with Crippen LogP contribution >= 0.6 is 0 Å². The summed E-state index contributed by atoms with van der Waals surface area (Å²) in [6, 6.07) is 1.37. The van der Waals surface area contributed by atoms with Crippen LogP contribution in [0.1, 0.15) is 19.3 Å². The summed E-state index contributed by atoms with van der Waals surface area (Å²) in [6.07, 6.45) is 1.53. The fraction of sp³-hybridized carbons (Fsp3) is 0.800. The molecule has 1 aliphatic heterocycles. The van der Waals surface area contributed by atoms with Crippen molar-refractivity contribution in [3.8, 4) is 0 Å². The minimum absolute atomic E-state index is 1.03. The summed E-state index contributed by atoms with van der Waals surface area (Å²) in [5.74, 6) is -3.50. The van der Waals surface area contributed by atoms with Crippen molar-refractivity contribution in [1.82, 2.24) is 0 Å². The van der Waals surface area contributed by atoms with E-state index in [9.17, 15) is 18.0 Å². The van der Waals surface area contributed by atoms with E-state index in [-0.39, 0.29) is 0 Å². The van der Waals surface area contributed by atoms with Gasteiger partial charge in [0.25, 0.3) is 10.1 Å². The van der Waals surface area contributed by atoms with Crippen LogP contribution in [-0.4, -0.2) is 55.3 Å². The van der Waals surface area contributed by atoms with Crippen molar-refractivity contribution in [3.05, 3.63) is 0 Å². The number of hydrogen-bond donors (Lipinski definition) is 3. The average Bonchev–Trinajstić information content (AvgIpc) is 2.24. The first-order valence-electron chi connectivity index (χ1n) is 6.00. The molecule has 1 heterocycles. The minimum atomic E-state index is -4.84. The molecule has 0 aromatic heterocycles. The Balaban J connectivity index is 0.000000388. The molecule has 1 fully saturated rings. The van der Waals surface area contributed by atoms with E-state index in [1.807, 2.05) is 0 Å². The maximum absolute atomic E-state index is 10.2. The largest absolute Gasteiger partial charge is 0.481 e. The van der Waals surface area contributed by atoms with Crippen LogP contribution in [-0.2, 0) is 24.1 Å². The fourth-order valence-corrected chi connectivity index (χ4v) is 4.10. The van der Waals surface area contributed by atoms with Crippen molar-refractivity contribution < 1.29 is 37.2 Å². The smallest absolute Gasteiger partial charge is 0.325 e. The molecule has 1 atom stereocenters. The second kappa shape index (κ2) is 7.72. The monoisotopic (exact) mass is 328 g/mol. The number of rotatable bonds is 4. The van der Waals surface area contributed by atoms with E-state index < -0.39 is 42.0 Å². The lowest BCUT2D eigenvalue weighted by molar-refractivity contribution is -0.143. The highest BCUT2D eigenvalue weighted by molar-refractivity contribution is 7.87. The van der Waals surface area contributed by atoms with Gasteiger partial charge in [-0.2, -0.15) is 8.42 Å². The van der Waals surface area contributed by atoms with E-state index in [0.717, 1.165) is 6.61 Å². The van der Waals surface area contributed by atoms with Gasteiger partial charge in [-0.3, -0.25) is 14.1 Å². The lowest BCUT2D eigenvalue weighted by Crippen LogP contribution is -2.33. The number of carbonyl (C=O) groups is 2. The van der Waals surface area contributed by atoms with Gasteiger partial charge in [0.05, 0.1) is 6.42 Å². The normalized spacial score (nSPS) is 19.4. The predicted octanol–water partition coefficient (Wildman–Crippen LogP) is 0.804. The molecule has 1 aliphatic rings. The molecule has 0 bridgehead atoms. The van der Waals surface area contributed by atoms with Crippen molar-refractivity contribution in [2.45, 2.75) is 43.7 Å². The minimum Gasteiger partial charge on any atom is -0.481 e. The summed E-state index contributed by atoms with van der Waals surface area (Å²) in [7, 11) is -5.93. The van der Waals surface area contributed by atoms with E-state index in [2.05, 4.69) is 13.1 Å². The third kappa shape index (κ3) is 8.25. The Kier molecular flexibility index (Phi) is 7.34. The molecule has 118 valence electrons. The molecule has 1 rings (SSSR count). The van der Waals surface area contributed by atoms with Crippen LogP contribution in [0.2, 0.25) is 19.1 Å². The second-order valence-corrected chi connectivity index (χ2v) is 10.9. The number of carboxylic acid groups (broad SMARTS) is 2. The number of aliphatic carboxylic acids is 2. The Morgan fingerprint density at radius 2 is 1.80 bits per heavy atom. The van der Waals surface area contributed by atoms with Gasteiger partial charge in [-0.1, -0.05) is 6.42 Å². The lowest BCUT2D eigenvalue weighted by Gasteiger charge is -2.27. The standard InChI is InChI=1S/C6H14OSi.C4H6O7S/c1-8(2)6-4-3-5-7-8;5-3(6)1-2(4(7)8)12(9,10)11/h3-6H2,1-2H3;2H,1H2,(H,5,6)(H,7,8)(H,9,10,11). The summed E-state index contributed by atoms with van der Waals surface area (Å²) < 4.78 is 34.3. The van der Waals surface area contributed by atoms with Gasteiger partial charge in [0.15, 0.2) is 13.6 Å².